The molecular formula is C12H14N4O3S. The van der Waals surface area contributed by atoms with E-state index in [4.69, 9.17) is 4.74 Å². The van der Waals surface area contributed by atoms with Crippen molar-refractivity contribution < 1.29 is 14.3 Å². The van der Waals surface area contributed by atoms with Crippen molar-refractivity contribution in [1.29, 1.82) is 0 Å². The number of thiazole rings is 1. The van der Waals surface area contributed by atoms with Gasteiger partial charge >= 0.3 is 5.97 Å². The van der Waals surface area contributed by atoms with Gasteiger partial charge in [0.15, 0.2) is 0 Å². The lowest BCUT2D eigenvalue weighted by Gasteiger charge is -1.98. The maximum Gasteiger partial charge on any atom is 0.367 e. The van der Waals surface area contributed by atoms with Gasteiger partial charge in [-0.05, 0) is 13.8 Å². The fourth-order valence-electron chi connectivity index (χ4n) is 1.46. The van der Waals surface area contributed by atoms with E-state index in [1.807, 2.05) is 6.92 Å². The molecule has 0 spiro atoms. The highest BCUT2D eigenvalue weighted by atomic mass is 32.1. The molecule has 0 aromatic carbocycles. The summed E-state index contributed by atoms with van der Waals surface area (Å²) in [6, 6.07) is 0. The first-order valence-electron chi connectivity index (χ1n) is 6.10. The molecule has 0 aliphatic heterocycles. The average molecular weight is 294 g/mol. The zero-order chi connectivity index (χ0) is 14.5. The third-order valence-electron chi connectivity index (χ3n) is 2.40. The van der Waals surface area contributed by atoms with E-state index in [9.17, 15) is 9.59 Å². The molecule has 2 aromatic rings. The molecule has 7 nitrogen and oxygen atoms in total. The number of carbonyl (C=O) groups excluding carboxylic acids is 2. The van der Waals surface area contributed by atoms with Gasteiger partial charge in [0.25, 0.3) is 5.91 Å². The number of nitrogens with zero attached hydrogens (tertiary/aromatic N) is 3. The summed E-state index contributed by atoms with van der Waals surface area (Å²) in [6.07, 6.45) is 3.27. The van der Waals surface area contributed by atoms with Crippen molar-refractivity contribution in [3.63, 3.8) is 0 Å². The van der Waals surface area contributed by atoms with Crippen molar-refractivity contribution >= 4 is 28.9 Å². The highest BCUT2D eigenvalue weighted by Crippen LogP contribution is 2.13. The molecule has 0 fully saturated rings. The number of anilines is 1. The van der Waals surface area contributed by atoms with Crippen LogP contribution in [0.15, 0.2) is 17.8 Å². The molecule has 0 radical (unpaired) electrons. The van der Waals surface area contributed by atoms with Gasteiger partial charge in [-0.15, -0.1) is 11.3 Å². The Balaban J connectivity index is 2.04. The quantitative estimate of drug-likeness (QED) is 0.850. The summed E-state index contributed by atoms with van der Waals surface area (Å²) in [5.41, 5.74) is 0.768. The van der Waals surface area contributed by atoms with Crippen LogP contribution in [0, 0.1) is 0 Å². The van der Waals surface area contributed by atoms with Crippen LogP contribution in [0.5, 0.6) is 0 Å². The topological polar surface area (TPSA) is 86.1 Å². The lowest BCUT2D eigenvalue weighted by molar-refractivity contribution is 0.0526. The number of carbonyl (C=O) groups is 2. The minimum atomic E-state index is -0.518. The molecule has 2 heterocycles. The third kappa shape index (κ3) is 3.21. The van der Waals surface area contributed by atoms with Gasteiger partial charge in [-0.25, -0.2) is 9.78 Å². The number of ether oxygens (including phenoxy) is 1. The monoisotopic (exact) mass is 294 g/mol. The fourth-order valence-corrected chi connectivity index (χ4v) is 2.15. The number of hydrogen-bond acceptors (Lipinski definition) is 6. The van der Waals surface area contributed by atoms with Gasteiger partial charge in [-0.1, -0.05) is 0 Å². The van der Waals surface area contributed by atoms with Crippen molar-refractivity contribution in [2.45, 2.75) is 20.4 Å². The molecule has 0 aliphatic rings. The Labute approximate surface area is 119 Å². The zero-order valence-corrected chi connectivity index (χ0v) is 11.9. The molecule has 106 valence electrons. The molecule has 8 heteroatoms. The second kappa shape index (κ2) is 6.29. The van der Waals surface area contributed by atoms with Gasteiger partial charge in [0.2, 0.25) is 5.01 Å². The van der Waals surface area contributed by atoms with E-state index in [0.29, 0.717) is 5.69 Å². The van der Waals surface area contributed by atoms with Crippen LogP contribution in [0.3, 0.4) is 0 Å². The van der Waals surface area contributed by atoms with Gasteiger partial charge in [-0.3, -0.25) is 9.48 Å². The molecule has 20 heavy (non-hydrogen) atoms. The van der Waals surface area contributed by atoms with Crippen molar-refractivity contribution in [3.8, 4) is 0 Å². The average Bonchev–Trinajstić information content (AvgIpc) is 3.07. The SMILES string of the molecule is CCOC(=O)c1nc(C(=O)Nc2cnn(CC)c2)cs1. The van der Waals surface area contributed by atoms with Gasteiger partial charge < -0.3 is 10.1 Å². The van der Waals surface area contributed by atoms with E-state index in [2.05, 4.69) is 15.4 Å². The van der Waals surface area contributed by atoms with E-state index in [1.54, 1.807) is 24.0 Å². The van der Waals surface area contributed by atoms with Crippen LogP contribution in [0.2, 0.25) is 0 Å². The summed E-state index contributed by atoms with van der Waals surface area (Å²) in [6.45, 7) is 4.66. The molecule has 0 aliphatic carbocycles. The van der Waals surface area contributed by atoms with Crippen LogP contribution in [0.4, 0.5) is 5.69 Å². The molecular weight excluding hydrogens is 280 g/mol. The summed E-state index contributed by atoms with van der Waals surface area (Å²) >= 11 is 1.08. The highest BCUT2D eigenvalue weighted by molar-refractivity contribution is 7.11. The first-order valence-corrected chi connectivity index (χ1v) is 6.98. The van der Waals surface area contributed by atoms with Crippen molar-refractivity contribution in [3.05, 3.63) is 28.5 Å². The number of hydrogen-bond donors (Lipinski definition) is 1. The third-order valence-corrected chi connectivity index (χ3v) is 3.22. The Kier molecular flexibility index (Phi) is 4.46. The largest absolute Gasteiger partial charge is 0.461 e. The smallest absolute Gasteiger partial charge is 0.367 e. The van der Waals surface area contributed by atoms with Crippen LogP contribution in [0.1, 0.15) is 34.1 Å². The summed E-state index contributed by atoms with van der Waals surface area (Å²) < 4.78 is 6.52. The number of aryl methyl sites for hydroxylation is 1. The predicted molar refractivity (Wildman–Crippen MR) is 73.9 cm³/mol. The van der Waals surface area contributed by atoms with Crippen LogP contribution in [-0.4, -0.2) is 33.2 Å². The molecule has 1 amide bonds. The van der Waals surface area contributed by atoms with Crippen molar-refractivity contribution in [2.24, 2.45) is 0 Å². The summed E-state index contributed by atoms with van der Waals surface area (Å²) in [5, 5.41) is 8.40. The van der Waals surface area contributed by atoms with Crippen LogP contribution in [-0.2, 0) is 11.3 Å². The Hall–Kier alpha value is -2.22. The fraction of sp³-hybridized carbons (Fsp3) is 0.333. The molecule has 0 unspecified atom stereocenters. The maximum atomic E-state index is 11.9. The molecule has 0 saturated heterocycles. The molecule has 0 bridgehead atoms. The molecule has 2 rings (SSSR count). The van der Waals surface area contributed by atoms with Crippen LogP contribution < -0.4 is 5.32 Å². The maximum absolute atomic E-state index is 11.9. The second-order valence-corrected chi connectivity index (χ2v) is 4.66. The Bertz CT molecular complexity index is 620. The molecule has 0 atom stereocenters. The van der Waals surface area contributed by atoms with Gasteiger partial charge in [0, 0.05) is 18.1 Å². The molecule has 2 aromatic heterocycles. The van der Waals surface area contributed by atoms with E-state index in [-0.39, 0.29) is 23.2 Å². The van der Waals surface area contributed by atoms with E-state index < -0.39 is 5.97 Å². The van der Waals surface area contributed by atoms with Gasteiger partial charge in [0.05, 0.1) is 18.5 Å². The van der Waals surface area contributed by atoms with E-state index in [0.717, 1.165) is 17.9 Å². The predicted octanol–water partition coefficient (Wildman–Crippen LogP) is 1.79. The minimum absolute atomic E-state index is 0.168. The molecule has 0 saturated carbocycles. The number of esters is 1. The molecule has 1 N–H and O–H groups in total. The second-order valence-electron chi connectivity index (χ2n) is 3.80. The number of amides is 1. The minimum Gasteiger partial charge on any atom is -0.461 e. The Morgan fingerprint density at radius 2 is 2.25 bits per heavy atom. The first-order chi connectivity index (χ1) is 9.63. The standard InChI is InChI=1S/C12H14N4O3S/c1-3-16-6-8(5-13-16)14-10(17)9-7-20-11(15-9)12(18)19-4-2/h5-7H,3-4H2,1-2H3,(H,14,17). The lowest BCUT2D eigenvalue weighted by Crippen LogP contribution is -2.13. The summed E-state index contributed by atoms with van der Waals surface area (Å²) in [4.78, 5) is 27.4. The summed E-state index contributed by atoms with van der Waals surface area (Å²) in [7, 11) is 0. The van der Waals surface area contributed by atoms with Crippen LogP contribution in [0.25, 0.3) is 0 Å². The number of nitrogens with one attached hydrogen (secondary N) is 1. The van der Waals surface area contributed by atoms with Gasteiger partial charge in [0.1, 0.15) is 5.69 Å². The normalized spacial score (nSPS) is 10.3. The van der Waals surface area contributed by atoms with Gasteiger partial charge in [-0.2, -0.15) is 5.10 Å². The highest BCUT2D eigenvalue weighted by Gasteiger charge is 2.16. The van der Waals surface area contributed by atoms with Crippen LogP contribution >= 0.6 is 11.3 Å². The first kappa shape index (κ1) is 14.2. The Morgan fingerprint density at radius 3 is 2.90 bits per heavy atom. The van der Waals surface area contributed by atoms with E-state index in [1.165, 1.54) is 5.38 Å². The Morgan fingerprint density at radius 1 is 1.45 bits per heavy atom. The van der Waals surface area contributed by atoms with Crippen molar-refractivity contribution in [1.82, 2.24) is 14.8 Å². The van der Waals surface area contributed by atoms with Crippen molar-refractivity contribution in [2.75, 3.05) is 11.9 Å². The zero-order valence-electron chi connectivity index (χ0n) is 11.1. The summed E-state index contributed by atoms with van der Waals surface area (Å²) in [5.74, 6) is -0.900. The number of rotatable bonds is 5. The number of aromatic nitrogens is 3. The lowest BCUT2D eigenvalue weighted by atomic mass is 10.4. The van der Waals surface area contributed by atoms with E-state index >= 15 is 0 Å².